The average molecular weight is 377 g/mol. The Morgan fingerprint density at radius 1 is 0.929 bits per heavy atom. The van der Waals surface area contributed by atoms with Crippen LogP contribution in [0.1, 0.15) is 46.4 Å². The van der Waals surface area contributed by atoms with Crippen molar-refractivity contribution >= 4 is 29.1 Å². The Hall–Kier alpha value is -3.15. The molecule has 0 aliphatic carbocycles. The summed E-state index contributed by atoms with van der Waals surface area (Å²) in [4.78, 5) is 40.5. The van der Waals surface area contributed by atoms with Crippen LogP contribution in [0.15, 0.2) is 48.5 Å². The van der Waals surface area contributed by atoms with E-state index in [0.717, 1.165) is 24.5 Å². The van der Waals surface area contributed by atoms with Crippen molar-refractivity contribution < 1.29 is 14.4 Å². The van der Waals surface area contributed by atoms with Crippen molar-refractivity contribution in [3.63, 3.8) is 0 Å². The SMILES string of the molecule is O=C(CCCN1C(=O)c2ccccc2C1=O)Nc1cccc(N2CCCC2)c1. The first kappa shape index (κ1) is 18.2. The molecule has 0 spiro atoms. The molecule has 0 radical (unpaired) electrons. The van der Waals surface area contributed by atoms with Gasteiger partial charge in [0.15, 0.2) is 0 Å². The van der Waals surface area contributed by atoms with Crippen LogP contribution in [0, 0.1) is 0 Å². The number of carbonyl (C=O) groups is 3. The lowest BCUT2D eigenvalue weighted by molar-refractivity contribution is -0.116. The molecule has 2 aliphatic heterocycles. The van der Waals surface area contributed by atoms with E-state index < -0.39 is 0 Å². The topological polar surface area (TPSA) is 69.7 Å². The third-order valence-electron chi connectivity index (χ3n) is 5.26. The van der Waals surface area contributed by atoms with Crippen molar-refractivity contribution in [2.45, 2.75) is 25.7 Å². The fraction of sp³-hybridized carbons (Fsp3) is 0.318. The van der Waals surface area contributed by atoms with E-state index in [0.29, 0.717) is 17.5 Å². The highest BCUT2D eigenvalue weighted by Gasteiger charge is 2.34. The van der Waals surface area contributed by atoms with Gasteiger partial charge in [-0.1, -0.05) is 18.2 Å². The Bertz CT molecular complexity index is 884. The van der Waals surface area contributed by atoms with Crippen LogP contribution in [0.2, 0.25) is 0 Å². The molecule has 0 unspecified atom stereocenters. The third-order valence-corrected chi connectivity index (χ3v) is 5.26. The van der Waals surface area contributed by atoms with Gasteiger partial charge in [-0.2, -0.15) is 0 Å². The number of amides is 3. The largest absolute Gasteiger partial charge is 0.371 e. The Labute approximate surface area is 164 Å². The Kier molecular flexibility index (Phi) is 5.10. The molecule has 1 fully saturated rings. The van der Waals surface area contributed by atoms with Crippen LogP contribution in [0.3, 0.4) is 0 Å². The smallest absolute Gasteiger partial charge is 0.261 e. The normalized spacial score (nSPS) is 15.9. The van der Waals surface area contributed by atoms with Crippen LogP contribution >= 0.6 is 0 Å². The summed E-state index contributed by atoms with van der Waals surface area (Å²) in [5.41, 5.74) is 2.78. The molecular weight excluding hydrogens is 354 g/mol. The number of fused-ring (bicyclic) bond motifs is 1. The third kappa shape index (κ3) is 3.63. The van der Waals surface area contributed by atoms with Crippen LogP contribution in [-0.2, 0) is 4.79 Å². The molecule has 0 atom stereocenters. The van der Waals surface area contributed by atoms with E-state index in [-0.39, 0.29) is 30.7 Å². The maximum Gasteiger partial charge on any atom is 0.261 e. The molecule has 2 aromatic carbocycles. The highest BCUT2D eigenvalue weighted by Crippen LogP contribution is 2.24. The van der Waals surface area contributed by atoms with Gasteiger partial charge in [-0.3, -0.25) is 19.3 Å². The number of imide groups is 1. The van der Waals surface area contributed by atoms with E-state index in [4.69, 9.17) is 0 Å². The standard InChI is InChI=1S/C22H23N3O3/c26-20(23-16-7-5-8-17(15-16)24-12-3-4-13-24)11-6-14-25-21(27)18-9-1-2-10-19(18)22(25)28/h1-2,5,7-10,15H,3-4,6,11-14H2,(H,23,26). The van der Waals surface area contributed by atoms with Crippen molar-refractivity contribution in [3.05, 3.63) is 59.7 Å². The number of anilines is 2. The summed E-state index contributed by atoms with van der Waals surface area (Å²) in [6.07, 6.45) is 3.09. The number of benzene rings is 2. The van der Waals surface area contributed by atoms with E-state index in [9.17, 15) is 14.4 Å². The van der Waals surface area contributed by atoms with Crippen LogP contribution in [0.25, 0.3) is 0 Å². The number of rotatable bonds is 6. The fourth-order valence-corrected chi connectivity index (χ4v) is 3.82. The first-order chi connectivity index (χ1) is 13.6. The summed E-state index contributed by atoms with van der Waals surface area (Å²) >= 11 is 0. The molecule has 6 nitrogen and oxygen atoms in total. The predicted octanol–water partition coefficient (Wildman–Crippen LogP) is 3.30. The Morgan fingerprint density at radius 3 is 2.29 bits per heavy atom. The van der Waals surface area contributed by atoms with Gasteiger partial charge in [0.1, 0.15) is 0 Å². The molecule has 6 heteroatoms. The average Bonchev–Trinajstić information content (AvgIpc) is 3.32. The number of carbonyl (C=O) groups excluding carboxylic acids is 3. The number of hydrogen-bond donors (Lipinski definition) is 1. The zero-order valence-electron chi connectivity index (χ0n) is 15.7. The van der Waals surface area contributed by atoms with Crippen molar-refractivity contribution in [1.29, 1.82) is 0 Å². The van der Waals surface area contributed by atoms with Gasteiger partial charge in [0, 0.05) is 37.4 Å². The summed E-state index contributed by atoms with van der Waals surface area (Å²) in [6, 6.07) is 14.7. The quantitative estimate of drug-likeness (QED) is 0.784. The molecule has 0 aromatic heterocycles. The fourth-order valence-electron chi connectivity index (χ4n) is 3.82. The Balaban J connectivity index is 1.29. The zero-order valence-corrected chi connectivity index (χ0v) is 15.7. The number of nitrogens with one attached hydrogen (secondary N) is 1. The summed E-state index contributed by atoms with van der Waals surface area (Å²) in [6.45, 7) is 2.35. The lowest BCUT2D eigenvalue weighted by Gasteiger charge is -2.18. The summed E-state index contributed by atoms with van der Waals surface area (Å²) in [5.74, 6) is -0.672. The van der Waals surface area contributed by atoms with Gasteiger partial charge in [0.05, 0.1) is 11.1 Å². The Morgan fingerprint density at radius 2 is 1.61 bits per heavy atom. The van der Waals surface area contributed by atoms with Gasteiger partial charge >= 0.3 is 0 Å². The summed E-state index contributed by atoms with van der Waals surface area (Å²) in [5, 5.41) is 2.92. The van der Waals surface area contributed by atoms with E-state index in [1.807, 2.05) is 18.2 Å². The van der Waals surface area contributed by atoms with Crippen LogP contribution in [0.4, 0.5) is 11.4 Å². The highest BCUT2D eigenvalue weighted by atomic mass is 16.2. The number of hydrogen-bond acceptors (Lipinski definition) is 4. The number of nitrogens with zero attached hydrogens (tertiary/aromatic N) is 2. The monoisotopic (exact) mass is 377 g/mol. The minimum absolute atomic E-state index is 0.116. The maximum absolute atomic E-state index is 12.3. The van der Waals surface area contributed by atoms with Crippen molar-refractivity contribution in [3.8, 4) is 0 Å². The maximum atomic E-state index is 12.3. The van der Waals surface area contributed by atoms with Gasteiger partial charge in [0.2, 0.25) is 5.91 Å². The van der Waals surface area contributed by atoms with E-state index in [2.05, 4.69) is 16.3 Å². The van der Waals surface area contributed by atoms with Crippen LogP contribution in [-0.4, -0.2) is 42.3 Å². The van der Waals surface area contributed by atoms with Gasteiger partial charge in [-0.15, -0.1) is 0 Å². The summed E-state index contributed by atoms with van der Waals surface area (Å²) in [7, 11) is 0. The second-order valence-electron chi connectivity index (χ2n) is 7.20. The first-order valence-electron chi connectivity index (χ1n) is 9.73. The first-order valence-corrected chi connectivity index (χ1v) is 9.73. The molecular formula is C22H23N3O3. The van der Waals surface area contributed by atoms with Crippen LogP contribution < -0.4 is 10.2 Å². The lowest BCUT2D eigenvalue weighted by Crippen LogP contribution is -2.31. The van der Waals surface area contributed by atoms with Crippen molar-refractivity contribution in [2.75, 3.05) is 29.9 Å². The lowest BCUT2D eigenvalue weighted by atomic mass is 10.1. The molecule has 4 rings (SSSR count). The van der Waals surface area contributed by atoms with Crippen LogP contribution in [0.5, 0.6) is 0 Å². The minimum Gasteiger partial charge on any atom is -0.371 e. The molecule has 0 saturated carbocycles. The van der Waals surface area contributed by atoms with E-state index in [1.54, 1.807) is 24.3 Å². The molecule has 28 heavy (non-hydrogen) atoms. The molecule has 144 valence electrons. The highest BCUT2D eigenvalue weighted by molar-refractivity contribution is 6.21. The molecule has 1 N–H and O–H groups in total. The van der Waals surface area contributed by atoms with E-state index in [1.165, 1.54) is 17.7 Å². The summed E-state index contributed by atoms with van der Waals surface area (Å²) < 4.78 is 0. The molecule has 2 aliphatic rings. The second kappa shape index (κ2) is 7.84. The van der Waals surface area contributed by atoms with E-state index >= 15 is 0 Å². The van der Waals surface area contributed by atoms with Crippen molar-refractivity contribution in [1.82, 2.24) is 4.90 Å². The van der Waals surface area contributed by atoms with Gasteiger partial charge in [-0.25, -0.2) is 0 Å². The minimum atomic E-state index is -0.278. The van der Waals surface area contributed by atoms with Gasteiger partial charge < -0.3 is 10.2 Å². The molecule has 0 bridgehead atoms. The zero-order chi connectivity index (χ0) is 19.5. The molecule has 1 saturated heterocycles. The van der Waals surface area contributed by atoms with Gasteiger partial charge in [0.25, 0.3) is 11.8 Å². The molecule has 3 amide bonds. The molecule has 2 heterocycles. The van der Waals surface area contributed by atoms with Crippen molar-refractivity contribution in [2.24, 2.45) is 0 Å². The second-order valence-corrected chi connectivity index (χ2v) is 7.20. The van der Waals surface area contributed by atoms with Gasteiger partial charge in [-0.05, 0) is 49.6 Å². The molecule has 2 aromatic rings. The predicted molar refractivity (Wildman–Crippen MR) is 108 cm³/mol.